The molecule has 0 bridgehead atoms. The number of para-hydroxylation sites is 1. The largest absolute Gasteiger partial charge is 0.507 e. The Morgan fingerprint density at radius 1 is 1.15 bits per heavy atom. The molecule has 27 heavy (non-hydrogen) atoms. The van der Waals surface area contributed by atoms with Gasteiger partial charge in [-0.05, 0) is 25.0 Å². The standard InChI is InChI=1S/C21H31NO5/c1-2-3-4-5-6-11-16-27-21(26)18(13-9-10-15-23)22-20(25)17-12-7-8-14-19(17)24/h7-9,12-14,18,23-24H,2-6,10-11,15-16H2,1H3,(H,22,25)/b13-9-. The maximum absolute atomic E-state index is 12.3. The molecule has 0 fully saturated rings. The third-order valence-corrected chi connectivity index (χ3v) is 4.06. The van der Waals surface area contributed by atoms with Gasteiger partial charge in [0.05, 0.1) is 12.2 Å². The molecule has 1 unspecified atom stereocenters. The quantitative estimate of drug-likeness (QED) is 0.278. The highest BCUT2D eigenvalue weighted by Crippen LogP contribution is 2.15. The first-order valence-corrected chi connectivity index (χ1v) is 9.63. The van der Waals surface area contributed by atoms with Crippen LogP contribution >= 0.6 is 0 Å². The maximum Gasteiger partial charge on any atom is 0.332 e. The van der Waals surface area contributed by atoms with Crippen molar-refractivity contribution in [3.63, 3.8) is 0 Å². The monoisotopic (exact) mass is 377 g/mol. The van der Waals surface area contributed by atoms with Gasteiger partial charge < -0.3 is 20.3 Å². The van der Waals surface area contributed by atoms with Crippen molar-refractivity contribution >= 4 is 11.9 Å². The van der Waals surface area contributed by atoms with Crippen LogP contribution in [0.15, 0.2) is 36.4 Å². The van der Waals surface area contributed by atoms with E-state index in [1.807, 2.05) is 0 Å². The van der Waals surface area contributed by atoms with E-state index in [0.717, 1.165) is 19.3 Å². The summed E-state index contributed by atoms with van der Waals surface area (Å²) in [7, 11) is 0. The molecule has 6 heteroatoms. The molecule has 0 spiro atoms. The van der Waals surface area contributed by atoms with Crippen LogP contribution in [-0.2, 0) is 9.53 Å². The number of aliphatic hydroxyl groups is 1. The second kappa shape index (κ2) is 13.8. The number of hydrogen-bond donors (Lipinski definition) is 3. The lowest BCUT2D eigenvalue weighted by atomic mass is 10.1. The number of phenolic OH excluding ortho intramolecular Hbond substituents is 1. The fraction of sp³-hybridized carbons (Fsp3) is 0.524. The van der Waals surface area contributed by atoms with E-state index in [0.29, 0.717) is 13.0 Å². The Balaban J connectivity index is 2.56. The number of hydrogen-bond acceptors (Lipinski definition) is 5. The molecule has 0 aliphatic heterocycles. The summed E-state index contributed by atoms with van der Waals surface area (Å²) < 4.78 is 5.28. The molecule has 0 radical (unpaired) electrons. The van der Waals surface area contributed by atoms with Gasteiger partial charge in [-0.3, -0.25) is 4.79 Å². The molecule has 0 saturated heterocycles. The first-order valence-electron chi connectivity index (χ1n) is 9.63. The number of rotatable bonds is 13. The maximum atomic E-state index is 12.3. The van der Waals surface area contributed by atoms with E-state index in [-0.39, 0.29) is 17.9 Å². The molecule has 0 aromatic heterocycles. The first kappa shape index (κ1) is 22.7. The van der Waals surface area contributed by atoms with Gasteiger partial charge in [-0.1, -0.05) is 63.3 Å². The molecule has 1 amide bonds. The van der Waals surface area contributed by atoms with Gasteiger partial charge in [-0.2, -0.15) is 0 Å². The summed E-state index contributed by atoms with van der Waals surface area (Å²) in [6.07, 6.45) is 9.98. The zero-order valence-corrected chi connectivity index (χ0v) is 16.0. The molecule has 150 valence electrons. The lowest BCUT2D eigenvalue weighted by molar-refractivity contribution is -0.144. The minimum absolute atomic E-state index is 0.0521. The van der Waals surface area contributed by atoms with Gasteiger partial charge in [0, 0.05) is 6.61 Å². The minimum Gasteiger partial charge on any atom is -0.507 e. The minimum atomic E-state index is -0.969. The zero-order valence-electron chi connectivity index (χ0n) is 16.0. The fourth-order valence-corrected chi connectivity index (χ4v) is 2.52. The van der Waals surface area contributed by atoms with Crippen molar-refractivity contribution in [2.45, 2.75) is 57.9 Å². The lowest BCUT2D eigenvalue weighted by Gasteiger charge is -2.15. The number of amides is 1. The predicted octanol–water partition coefficient (Wildman–Crippen LogP) is 3.33. The molecule has 1 rings (SSSR count). The lowest BCUT2D eigenvalue weighted by Crippen LogP contribution is -2.40. The van der Waals surface area contributed by atoms with E-state index < -0.39 is 17.9 Å². The van der Waals surface area contributed by atoms with E-state index in [1.165, 1.54) is 37.5 Å². The van der Waals surface area contributed by atoms with Crippen LogP contribution in [0.1, 0.15) is 62.2 Å². The second-order valence-electron chi connectivity index (χ2n) is 6.34. The van der Waals surface area contributed by atoms with Gasteiger partial charge in [-0.25, -0.2) is 4.79 Å². The van der Waals surface area contributed by atoms with Crippen molar-refractivity contribution in [2.24, 2.45) is 0 Å². The van der Waals surface area contributed by atoms with Crippen molar-refractivity contribution in [1.29, 1.82) is 0 Å². The average Bonchev–Trinajstić information content (AvgIpc) is 2.66. The van der Waals surface area contributed by atoms with Crippen LogP contribution in [0.2, 0.25) is 0 Å². The van der Waals surface area contributed by atoms with Crippen molar-refractivity contribution in [3.8, 4) is 5.75 Å². The summed E-state index contributed by atoms with van der Waals surface area (Å²) in [5.41, 5.74) is 0.0850. The van der Waals surface area contributed by atoms with Gasteiger partial charge in [0.1, 0.15) is 11.8 Å². The summed E-state index contributed by atoms with van der Waals surface area (Å²) in [5.74, 6) is -1.28. The van der Waals surface area contributed by atoms with Crippen LogP contribution in [0.4, 0.5) is 0 Å². The molecule has 3 N–H and O–H groups in total. The summed E-state index contributed by atoms with van der Waals surface area (Å²) in [4.78, 5) is 24.6. The Labute approximate surface area is 161 Å². The van der Waals surface area contributed by atoms with Crippen LogP contribution in [0.25, 0.3) is 0 Å². The highest BCUT2D eigenvalue weighted by molar-refractivity contribution is 5.99. The van der Waals surface area contributed by atoms with E-state index in [2.05, 4.69) is 12.2 Å². The van der Waals surface area contributed by atoms with Crippen LogP contribution in [-0.4, -0.2) is 41.3 Å². The fourth-order valence-electron chi connectivity index (χ4n) is 2.52. The second-order valence-corrected chi connectivity index (χ2v) is 6.34. The highest BCUT2D eigenvalue weighted by Gasteiger charge is 2.21. The Kier molecular flexibility index (Phi) is 11.6. The number of esters is 1. The topological polar surface area (TPSA) is 95.9 Å². The van der Waals surface area contributed by atoms with Crippen molar-refractivity contribution in [3.05, 3.63) is 42.0 Å². The Hall–Kier alpha value is -2.34. The third kappa shape index (κ3) is 9.24. The highest BCUT2D eigenvalue weighted by atomic mass is 16.5. The van der Waals surface area contributed by atoms with Crippen LogP contribution in [0.5, 0.6) is 5.75 Å². The summed E-state index contributed by atoms with van der Waals surface area (Å²) in [6, 6.07) is 5.15. The number of phenols is 1. The van der Waals surface area contributed by atoms with Gasteiger partial charge >= 0.3 is 5.97 Å². The van der Waals surface area contributed by atoms with E-state index in [1.54, 1.807) is 18.2 Å². The molecule has 0 saturated carbocycles. The molecule has 1 aromatic rings. The van der Waals surface area contributed by atoms with Gasteiger partial charge in [-0.15, -0.1) is 0 Å². The molecule has 0 aliphatic carbocycles. The van der Waals surface area contributed by atoms with Gasteiger partial charge in [0.2, 0.25) is 0 Å². The SMILES string of the molecule is CCCCCCCCOC(=O)C(/C=C\CCO)NC(=O)c1ccccc1O. The molecule has 1 aromatic carbocycles. The van der Waals surface area contributed by atoms with E-state index in [4.69, 9.17) is 9.84 Å². The summed E-state index contributed by atoms with van der Waals surface area (Å²) >= 11 is 0. The molecule has 6 nitrogen and oxygen atoms in total. The smallest absolute Gasteiger partial charge is 0.332 e. The zero-order chi connectivity index (χ0) is 19.9. The van der Waals surface area contributed by atoms with Crippen molar-refractivity contribution < 1.29 is 24.5 Å². The van der Waals surface area contributed by atoms with E-state index in [9.17, 15) is 14.7 Å². The van der Waals surface area contributed by atoms with E-state index >= 15 is 0 Å². The molecule has 1 atom stereocenters. The Morgan fingerprint density at radius 3 is 2.56 bits per heavy atom. The number of ether oxygens (including phenoxy) is 1. The van der Waals surface area contributed by atoms with Gasteiger partial charge in [0.25, 0.3) is 5.91 Å². The van der Waals surface area contributed by atoms with Crippen LogP contribution in [0.3, 0.4) is 0 Å². The molecule has 0 heterocycles. The first-order chi connectivity index (χ1) is 13.1. The molecular weight excluding hydrogens is 346 g/mol. The Morgan fingerprint density at radius 2 is 1.85 bits per heavy atom. The molecular formula is C21H31NO5. The Bertz CT molecular complexity index is 600. The number of aliphatic hydroxyl groups excluding tert-OH is 1. The van der Waals surface area contributed by atoms with Crippen molar-refractivity contribution in [2.75, 3.05) is 13.2 Å². The molecule has 0 aliphatic rings. The normalized spacial score (nSPS) is 12.1. The number of unbranched alkanes of at least 4 members (excludes halogenated alkanes) is 5. The summed E-state index contributed by atoms with van der Waals surface area (Å²) in [6.45, 7) is 2.42. The number of aromatic hydroxyl groups is 1. The third-order valence-electron chi connectivity index (χ3n) is 4.06. The average molecular weight is 377 g/mol. The van der Waals surface area contributed by atoms with Crippen molar-refractivity contribution in [1.82, 2.24) is 5.32 Å². The van der Waals surface area contributed by atoms with Crippen LogP contribution in [0, 0.1) is 0 Å². The van der Waals surface area contributed by atoms with Gasteiger partial charge in [0.15, 0.2) is 0 Å². The predicted molar refractivity (Wildman–Crippen MR) is 105 cm³/mol. The number of carbonyl (C=O) groups is 2. The number of carbonyl (C=O) groups excluding carboxylic acids is 2. The van der Waals surface area contributed by atoms with Crippen LogP contribution < -0.4 is 5.32 Å². The summed E-state index contributed by atoms with van der Waals surface area (Å²) in [5, 5.41) is 21.2. The number of nitrogens with one attached hydrogen (secondary N) is 1. The number of benzene rings is 1.